The minimum absolute atomic E-state index is 0.125. The predicted molar refractivity (Wildman–Crippen MR) is 105 cm³/mol. The van der Waals surface area contributed by atoms with Crippen LogP contribution in [-0.2, 0) is 0 Å². The second-order valence-electron chi connectivity index (χ2n) is 5.67. The first-order valence-electron chi connectivity index (χ1n) is 8.20. The highest BCUT2D eigenvalue weighted by molar-refractivity contribution is 7.20. The molecule has 3 rings (SSSR count). The van der Waals surface area contributed by atoms with Crippen molar-refractivity contribution in [3.8, 4) is 11.5 Å². The summed E-state index contributed by atoms with van der Waals surface area (Å²) < 4.78 is 10.8. The Kier molecular flexibility index (Phi) is 5.27. The van der Waals surface area contributed by atoms with Crippen molar-refractivity contribution in [3.63, 3.8) is 0 Å². The first kappa shape index (κ1) is 18.7. The number of aromatic carboxylic acids is 1. The smallest absolute Gasteiger partial charge is 0.346 e. The van der Waals surface area contributed by atoms with Gasteiger partial charge in [0.25, 0.3) is 5.56 Å². The number of carbonyl (C=O) groups is 1. The van der Waals surface area contributed by atoms with Crippen molar-refractivity contribution >= 4 is 39.7 Å². The van der Waals surface area contributed by atoms with E-state index in [1.165, 1.54) is 0 Å². The maximum Gasteiger partial charge on any atom is 0.346 e. The summed E-state index contributed by atoms with van der Waals surface area (Å²) in [6, 6.07) is 5.48. The number of aromatic nitrogens is 2. The van der Waals surface area contributed by atoms with E-state index < -0.39 is 5.97 Å². The molecule has 0 spiro atoms. The van der Waals surface area contributed by atoms with Crippen LogP contribution in [0.1, 0.15) is 33.5 Å². The van der Waals surface area contributed by atoms with Crippen LogP contribution in [0.4, 0.5) is 0 Å². The van der Waals surface area contributed by atoms with Gasteiger partial charge in [-0.1, -0.05) is 12.1 Å². The molecule has 3 aromatic rings. The number of fused-ring (bicyclic) bond motifs is 1. The highest BCUT2D eigenvalue weighted by atomic mass is 32.1. The van der Waals surface area contributed by atoms with Crippen molar-refractivity contribution in [1.82, 2.24) is 9.97 Å². The summed E-state index contributed by atoms with van der Waals surface area (Å²) in [4.78, 5) is 31.2. The molecule has 0 unspecified atom stereocenters. The van der Waals surface area contributed by atoms with Gasteiger partial charge < -0.3 is 19.6 Å². The Hall–Kier alpha value is -3.13. The van der Waals surface area contributed by atoms with E-state index >= 15 is 0 Å². The average molecular weight is 386 g/mol. The van der Waals surface area contributed by atoms with E-state index in [4.69, 9.17) is 9.47 Å². The molecule has 0 atom stereocenters. The van der Waals surface area contributed by atoms with Crippen LogP contribution in [0, 0.1) is 6.92 Å². The van der Waals surface area contributed by atoms with Crippen molar-refractivity contribution in [2.75, 3.05) is 13.7 Å². The molecule has 0 aliphatic rings. The Labute approximate surface area is 158 Å². The van der Waals surface area contributed by atoms with Gasteiger partial charge in [0.2, 0.25) is 0 Å². The second-order valence-corrected chi connectivity index (χ2v) is 6.67. The summed E-state index contributed by atoms with van der Waals surface area (Å²) in [6.07, 6.45) is 3.44. The highest BCUT2D eigenvalue weighted by Crippen LogP contribution is 2.29. The second kappa shape index (κ2) is 7.63. The maximum atomic E-state index is 12.3. The monoisotopic (exact) mass is 386 g/mol. The molecule has 2 aromatic heterocycles. The van der Waals surface area contributed by atoms with Crippen molar-refractivity contribution < 1.29 is 19.4 Å². The van der Waals surface area contributed by atoms with E-state index in [2.05, 4.69) is 9.97 Å². The molecule has 1 aromatic carbocycles. The molecule has 7 nitrogen and oxygen atoms in total. The standard InChI is InChI=1S/C19H18N2O5S/c1-4-26-12-7-5-11(9-13(12)25-3)6-8-14-20-17(22)15-10(2)16(19(23)24)27-18(15)21-14/h5-9H,4H2,1-3H3,(H,23,24)(H,20,21,22)/b8-6+. The van der Waals surface area contributed by atoms with E-state index in [1.54, 1.807) is 26.2 Å². The minimum Gasteiger partial charge on any atom is -0.493 e. The van der Waals surface area contributed by atoms with E-state index in [9.17, 15) is 14.7 Å². The fourth-order valence-corrected chi connectivity index (χ4v) is 3.71. The maximum absolute atomic E-state index is 12.3. The van der Waals surface area contributed by atoms with E-state index in [0.29, 0.717) is 39.7 Å². The van der Waals surface area contributed by atoms with E-state index in [0.717, 1.165) is 16.9 Å². The Morgan fingerprint density at radius 3 is 2.78 bits per heavy atom. The Morgan fingerprint density at radius 1 is 1.33 bits per heavy atom. The summed E-state index contributed by atoms with van der Waals surface area (Å²) >= 11 is 0.994. The lowest BCUT2D eigenvalue weighted by molar-refractivity contribution is 0.0701. The number of nitrogens with one attached hydrogen (secondary N) is 1. The van der Waals surface area contributed by atoms with Gasteiger partial charge in [-0.2, -0.15) is 0 Å². The van der Waals surface area contributed by atoms with E-state index in [-0.39, 0.29) is 10.4 Å². The third-order valence-corrected chi connectivity index (χ3v) is 5.11. The fourth-order valence-electron chi connectivity index (χ4n) is 2.68. The summed E-state index contributed by atoms with van der Waals surface area (Å²) in [5.74, 6) is 0.545. The number of H-pyrrole nitrogens is 1. The van der Waals surface area contributed by atoms with Crippen LogP contribution in [-0.4, -0.2) is 34.8 Å². The summed E-state index contributed by atoms with van der Waals surface area (Å²) in [5, 5.41) is 9.54. The molecule has 2 N–H and O–H groups in total. The molecule has 0 saturated carbocycles. The lowest BCUT2D eigenvalue weighted by Crippen LogP contribution is -2.09. The van der Waals surface area contributed by atoms with Gasteiger partial charge >= 0.3 is 5.97 Å². The molecule has 0 aliphatic carbocycles. The van der Waals surface area contributed by atoms with Gasteiger partial charge in [-0.05, 0) is 43.2 Å². The molecule has 2 heterocycles. The van der Waals surface area contributed by atoms with Gasteiger partial charge in [-0.3, -0.25) is 4.79 Å². The van der Waals surface area contributed by atoms with Crippen LogP contribution < -0.4 is 15.0 Å². The number of aromatic amines is 1. The SMILES string of the molecule is CCOc1ccc(/C=C/c2nc3sc(C(=O)O)c(C)c3c(=O)[nH]2)cc1OC. The molecule has 27 heavy (non-hydrogen) atoms. The Bertz CT molecular complexity index is 1100. The molecular weight excluding hydrogens is 368 g/mol. The quantitative estimate of drug-likeness (QED) is 0.672. The molecule has 0 fully saturated rings. The van der Waals surface area contributed by atoms with Crippen LogP contribution in [0.5, 0.6) is 11.5 Å². The first-order chi connectivity index (χ1) is 12.9. The zero-order valence-corrected chi connectivity index (χ0v) is 15.8. The number of nitrogens with zero attached hydrogens (tertiary/aromatic N) is 1. The largest absolute Gasteiger partial charge is 0.493 e. The zero-order chi connectivity index (χ0) is 19.6. The highest BCUT2D eigenvalue weighted by Gasteiger charge is 2.18. The normalized spacial score (nSPS) is 11.2. The Balaban J connectivity index is 1.97. The third-order valence-electron chi connectivity index (χ3n) is 3.93. The topological polar surface area (TPSA) is 102 Å². The molecule has 0 radical (unpaired) electrons. The number of ether oxygens (including phenoxy) is 2. The minimum atomic E-state index is -1.06. The van der Waals surface area contributed by atoms with Crippen LogP contribution in [0.3, 0.4) is 0 Å². The van der Waals surface area contributed by atoms with Gasteiger partial charge in [0.05, 0.1) is 19.1 Å². The molecular formula is C19H18N2O5S. The van der Waals surface area contributed by atoms with Gasteiger partial charge in [0.15, 0.2) is 11.5 Å². The lowest BCUT2D eigenvalue weighted by Gasteiger charge is -2.09. The van der Waals surface area contributed by atoms with Crippen molar-refractivity contribution in [3.05, 3.63) is 50.4 Å². The van der Waals surface area contributed by atoms with Gasteiger partial charge in [-0.15, -0.1) is 11.3 Å². The van der Waals surface area contributed by atoms with Crippen LogP contribution in [0.15, 0.2) is 23.0 Å². The molecule has 0 saturated heterocycles. The van der Waals surface area contributed by atoms with Crippen LogP contribution >= 0.6 is 11.3 Å². The van der Waals surface area contributed by atoms with Crippen molar-refractivity contribution in [1.29, 1.82) is 0 Å². The zero-order valence-electron chi connectivity index (χ0n) is 15.0. The van der Waals surface area contributed by atoms with Crippen molar-refractivity contribution in [2.24, 2.45) is 0 Å². The summed E-state index contributed by atoms with van der Waals surface area (Å²) in [6.45, 7) is 4.05. The fraction of sp³-hybridized carbons (Fsp3) is 0.211. The van der Waals surface area contributed by atoms with E-state index in [1.807, 2.05) is 25.1 Å². The summed E-state index contributed by atoms with van der Waals surface area (Å²) in [5.41, 5.74) is 0.917. The van der Waals surface area contributed by atoms with Crippen LogP contribution in [0.2, 0.25) is 0 Å². The number of rotatable bonds is 6. The number of hydrogen-bond acceptors (Lipinski definition) is 6. The lowest BCUT2D eigenvalue weighted by atomic mass is 10.2. The number of carboxylic acid groups (broad SMARTS) is 1. The first-order valence-corrected chi connectivity index (χ1v) is 9.01. The van der Waals surface area contributed by atoms with Gasteiger partial charge in [-0.25, -0.2) is 9.78 Å². The number of hydrogen-bond donors (Lipinski definition) is 2. The molecule has 0 amide bonds. The molecule has 140 valence electrons. The third kappa shape index (κ3) is 3.70. The number of benzene rings is 1. The number of thiophene rings is 1. The number of aryl methyl sites for hydroxylation is 1. The van der Waals surface area contributed by atoms with Crippen molar-refractivity contribution in [2.45, 2.75) is 13.8 Å². The number of methoxy groups -OCH3 is 1. The van der Waals surface area contributed by atoms with Crippen LogP contribution in [0.25, 0.3) is 22.4 Å². The predicted octanol–water partition coefficient (Wildman–Crippen LogP) is 3.57. The van der Waals surface area contributed by atoms with Gasteiger partial charge in [0.1, 0.15) is 15.5 Å². The molecule has 0 bridgehead atoms. The molecule has 0 aliphatic heterocycles. The molecule has 8 heteroatoms. The summed E-state index contributed by atoms with van der Waals surface area (Å²) in [7, 11) is 1.57. The van der Waals surface area contributed by atoms with Gasteiger partial charge in [0, 0.05) is 0 Å². The number of carboxylic acids is 1. The Morgan fingerprint density at radius 2 is 2.11 bits per heavy atom. The average Bonchev–Trinajstić information content (AvgIpc) is 2.98.